The second-order valence-corrected chi connectivity index (χ2v) is 5.29. The van der Waals surface area contributed by atoms with Crippen LogP contribution in [0.25, 0.3) is 0 Å². The van der Waals surface area contributed by atoms with E-state index in [1.54, 1.807) is 6.08 Å². The van der Waals surface area contributed by atoms with E-state index in [2.05, 4.69) is 18.0 Å². The summed E-state index contributed by atoms with van der Waals surface area (Å²) in [6, 6.07) is 0. The van der Waals surface area contributed by atoms with E-state index in [1.807, 2.05) is 0 Å². The molecule has 2 aliphatic rings. The SMILES string of the molecule is CCCCN1C=CC(=O)CC12CCCCC2. The molecule has 1 heterocycles. The number of rotatable bonds is 3. The molecule has 0 saturated heterocycles. The fraction of sp³-hybridized carbons (Fsp3) is 0.786. The van der Waals surface area contributed by atoms with Gasteiger partial charge in [0.1, 0.15) is 0 Å². The first kappa shape index (κ1) is 11.7. The number of hydrogen-bond acceptors (Lipinski definition) is 2. The molecule has 0 radical (unpaired) electrons. The van der Waals surface area contributed by atoms with Gasteiger partial charge in [-0.2, -0.15) is 0 Å². The molecule has 1 aliphatic carbocycles. The molecule has 1 aliphatic heterocycles. The average molecular weight is 221 g/mol. The van der Waals surface area contributed by atoms with Crippen molar-refractivity contribution in [3.63, 3.8) is 0 Å². The zero-order chi connectivity index (χ0) is 11.4. The Bertz CT molecular complexity index is 276. The number of ketones is 1. The molecule has 0 amide bonds. The van der Waals surface area contributed by atoms with Crippen LogP contribution < -0.4 is 0 Å². The van der Waals surface area contributed by atoms with Crippen LogP contribution >= 0.6 is 0 Å². The summed E-state index contributed by atoms with van der Waals surface area (Å²) in [4.78, 5) is 14.1. The van der Waals surface area contributed by atoms with Gasteiger partial charge in [0.25, 0.3) is 0 Å². The number of unbranched alkanes of at least 4 members (excludes halogenated alkanes) is 1. The Morgan fingerprint density at radius 2 is 2.06 bits per heavy atom. The van der Waals surface area contributed by atoms with Crippen molar-refractivity contribution in [1.29, 1.82) is 0 Å². The van der Waals surface area contributed by atoms with Crippen molar-refractivity contribution < 1.29 is 4.79 Å². The molecular formula is C14H23NO. The summed E-state index contributed by atoms with van der Waals surface area (Å²) in [6.45, 7) is 3.35. The third kappa shape index (κ3) is 2.31. The summed E-state index contributed by atoms with van der Waals surface area (Å²) in [6.07, 6.45) is 13.4. The van der Waals surface area contributed by atoms with Gasteiger partial charge >= 0.3 is 0 Å². The van der Waals surface area contributed by atoms with Crippen LogP contribution in [0.3, 0.4) is 0 Å². The predicted molar refractivity (Wildman–Crippen MR) is 66.2 cm³/mol. The highest BCUT2D eigenvalue weighted by atomic mass is 16.1. The van der Waals surface area contributed by atoms with Gasteiger partial charge in [0.2, 0.25) is 0 Å². The molecule has 2 heteroatoms. The van der Waals surface area contributed by atoms with Gasteiger partial charge in [0, 0.05) is 24.7 Å². The number of hydrogen-bond donors (Lipinski definition) is 0. The highest BCUT2D eigenvalue weighted by Crippen LogP contribution is 2.39. The number of allylic oxidation sites excluding steroid dienone is 1. The van der Waals surface area contributed by atoms with Gasteiger partial charge < -0.3 is 4.90 Å². The van der Waals surface area contributed by atoms with E-state index < -0.39 is 0 Å². The van der Waals surface area contributed by atoms with Crippen molar-refractivity contribution in [2.24, 2.45) is 0 Å². The number of carbonyl (C=O) groups excluding carboxylic acids is 1. The van der Waals surface area contributed by atoms with Gasteiger partial charge in [-0.25, -0.2) is 0 Å². The number of carbonyl (C=O) groups is 1. The lowest BCUT2D eigenvalue weighted by molar-refractivity contribution is -0.119. The van der Waals surface area contributed by atoms with Crippen LogP contribution in [0.15, 0.2) is 12.3 Å². The topological polar surface area (TPSA) is 20.3 Å². The first-order valence-corrected chi connectivity index (χ1v) is 6.75. The summed E-state index contributed by atoms with van der Waals surface area (Å²) >= 11 is 0. The van der Waals surface area contributed by atoms with Gasteiger partial charge in [-0.15, -0.1) is 0 Å². The van der Waals surface area contributed by atoms with Crippen molar-refractivity contribution in [3.8, 4) is 0 Å². The normalized spacial score (nSPS) is 24.1. The van der Waals surface area contributed by atoms with Crippen molar-refractivity contribution in [2.45, 2.75) is 63.8 Å². The fourth-order valence-corrected chi connectivity index (χ4v) is 3.13. The summed E-state index contributed by atoms with van der Waals surface area (Å²) in [7, 11) is 0. The molecule has 0 atom stereocenters. The van der Waals surface area contributed by atoms with Gasteiger partial charge in [0.15, 0.2) is 5.78 Å². The predicted octanol–water partition coefficient (Wildman–Crippen LogP) is 3.28. The maximum absolute atomic E-state index is 11.6. The Hall–Kier alpha value is -0.790. The molecule has 16 heavy (non-hydrogen) atoms. The Morgan fingerprint density at radius 1 is 1.31 bits per heavy atom. The summed E-state index contributed by atoms with van der Waals surface area (Å²) < 4.78 is 0. The maximum atomic E-state index is 11.6. The monoisotopic (exact) mass is 221 g/mol. The van der Waals surface area contributed by atoms with E-state index in [1.165, 1.54) is 44.9 Å². The highest BCUT2D eigenvalue weighted by Gasteiger charge is 2.39. The first-order chi connectivity index (χ1) is 7.77. The molecule has 1 fully saturated rings. The lowest BCUT2D eigenvalue weighted by Crippen LogP contribution is -2.50. The summed E-state index contributed by atoms with van der Waals surface area (Å²) in [5.41, 5.74) is 0.194. The van der Waals surface area contributed by atoms with Crippen molar-refractivity contribution in [2.75, 3.05) is 6.54 Å². The minimum Gasteiger partial charge on any atom is -0.371 e. The van der Waals surface area contributed by atoms with Gasteiger partial charge in [-0.1, -0.05) is 32.6 Å². The van der Waals surface area contributed by atoms with Crippen LogP contribution in [-0.4, -0.2) is 22.8 Å². The molecule has 1 spiro atoms. The lowest BCUT2D eigenvalue weighted by atomic mass is 9.75. The first-order valence-electron chi connectivity index (χ1n) is 6.75. The standard InChI is InChI=1S/C14H23NO/c1-2-3-10-15-11-7-13(16)12-14(15)8-5-4-6-9-14/h7,11H,2-6,8-10,12H2,1H3. The maximum Gasteiger partial charge on any atom is 0.159 e. The minimum atomic E-state index is 0.194. The Kier molecular flexibility index (Phi) is 3.67. The molecule has 90 valence electrons. The summed E-state index contributed by atoms with van der Waals surface area (Å²) in [5.74, 6) is 0.328. The van der Waals surface area contributed by atoms with E-state index in [9.17, 15) is 4.79 Å². The summed E-state index contributed by atoms with van der Waals surface area (Å²) in [5, 5.41) is 0. The molecule has 0 bridgehead atoms. The van der Waals surface area contributed by atoms with Crippen molar-refractivity contribution >= 4 is 5.78 Å². The van der Waals surface area contributed by atoms with Crippen LogP contribution in [-0.2, 0) is 4.79 Å². The van der Waals surface area contributed by atoms with Gasteiger partial charge in [0.05, 0.1) is 0 Å². The Labute approximate surface area is 98.7 Å². The minimum absolute atomic E-state index is 0.194. The zero-order valence-electron chi connectivity index (χ0n) is 10.4. The molecule has 0 aromatic carbocycles. The smallest absolute Gasteiger partial charge is 0.159 e. The van der Waals surface area contributed by atoms with Crippen LogP contribution in [0.5, 0.6) is 0 Å². The fourth-order valence-electron chi connectivity index (χ4n) is 3.13. The molecule has 0 unspecified atom stereocenters. The van der Waals surface area contributed by atoms with E-state index in [0.717, 1.165) is 13.0 Å². The third-order valence-corrected chi connectivity index (χ3v) is 4.09. The Balaban J connectivity index is 2.11. The molecule has 2 rings (SSSR count). The van der Waals surface area contributed by atoms with E-state index in [-0.39, 0.29) is 5.54 Å². The Morgan fingerprint density at radius 3 is 2.75 bits per heavy atom. The quantitative estimate of drug-likeness (QED) is 0.729. The molecular weight excluding hydrogens is 198 g/mol. The molecule has 1 saturated carbocycles. The molecule has 0 N–H and O–H groups in total. The average Bonchev–Trinajstić information content (AvgIpc) is 2.29. The van der Waals surface area contributed by atoms with Crippen LogP contribution in [0, 0.1) is 0 Å². The van der Waals surface area contributed by atoms with Crippen LogP contribution in [0.1, 0.15) is 58.3 Å². The molecule has 0 aromatic rings. The van der Waals surface area contributed by atoms with Crippen molar-refractivity contribution in [3.05, 3.63) is 12.3 Å². The second-order valence-electron chi connectivity index (χ2n) is 5.29. The van der Waals surface area contributed by atoms with Crippen LogP contribution in [0.2, 0.25) is 0 Å². The largest absolute Gasteiger partial charge is 0.371 e. The van der Waals surface area contributed by atoms with E-state index in [0.29, 0.717) is 5.78 Å². The highest BCUT2D eigenvalue weighted by molar-refractivity contribution is 5.91. The van der Waals surface area contributed by atoms with Gasteiger partial charge in [-0.3, -0.25) is 4.79 Å². The second kappa shape index (κ2) is 5.03. The molecule has 0 aromatic heterocycles. The van der Waals surface area contributed by atoms with Crippen LogP contribution in [0.4, 0.5) is 0 Å². The van der Waals surface area contributed by atoms with E-state index >= 15 is 0 Å². The van der Waals surface area contributed by atoms with Crippen molar-refractivity contribution in [1.82, 2.24) is 4.90 Å². The molecule has 2 nitrogen and oxygen atoms in total. The van der Waals surface area contributed by atoms with Gasteiger partial charge in [-0.05, 0) is 25.3 Å². The number of nitrogens with zero attached hydrogens (tertiary/aromatic N) is 1. The zero-order valence-corrected chi connectivity index (χ0v) is 10.4. The third-order valence-electron chi connectivity index (χ3n) is 4.09. The lowest BCUT2D eigenvalue weighted by Gasteiger charge is -2.47. The van der Waals surface area contributed by atoms with E-state index in [4.69, 9.17) is 0 Å².